The SMILES string of the molecule is CCCCC/C=C/CC/C=C/CC/C=C/C(O)C(CO)NC(=O)CCCCCCCCCCCCCCCCCCCCC. The minimum absolute atomic E-state index is 0.0779. The first-order chi connectivity index (χ1) is 21.7. The van der Waals surface area contributed by atoms with E-state index < -0.39 is 12.1 Å². The number of amides is 1. The van der Waals surface area contributed by atoms with Gasteiger partial charge in [0.05, 0.1) is 18.8 Å². The highest BCUT2D eigenvalue weighted by molar-refractivity contribution is 5.76. The minimum atomic E-state index is -0.865. The lowest BCUT2D eigenvalue weighted by Crippen LogP contribution is -2.45. The highest BCUT2D eigenvalue weighted by Gasteiger charge is 2.17. The highest BCUT2D eigenvalue weighted by atomic mass is 16.3. The molecule has 0 aromatic heterocycles. The molecule has 4 nitrogen and oxygen atoms in total. The first kappa shape index (κ1) is 42.6. The summed E-state index contributed by atoms with van der Waals surface area (Å²) in [5.74, 6) is -0.0779. The Hall–Kier alpha value is -1.39. The predicted octanol–water partition coefficient (Wildman–Crippen LogP) is 11.5. The maximum absolute atomic E-state index is 12.3. The summed E-state index contributed by atoms with van der Waals surface area (Å²) in [7, 11) is 0. The van der Waals surface area contributed by atoms with Crippen molar-refractivity contribution in [2.45, 2.75) is 206 Å². The maximum Gasteiger partial charge on any atom is 0.220 e. The van der Waals surface area contributed by atoms with Crippen LogP contribution in [0.4, 0.5) is 0 Å². The topological polar surface area (TPSA) is 69.6 Å². The molecule has 0 radical (unpaired) electrons. The van der Waals surface area contributed by atoms with Gasteiger partial charge in [-0.2, -0.15) is 0 Å². The summed E-state index contributed by atoms with van der Waals surface area (Å²) >= 11 is 0. The van der Waals surface area contributed by atoms with E-state index in [0.717, 1.165) is 38.5 Å². The second-order valence-corrected chi connectivity index (χ2v) is 13.0. The fraction of sp³-hybridized carbons (Fsp3) is 0.825. The standard InChI is InChI=1S/C40H75NO3/c1-3-5-7-9-11-13-15-17-18-19-20-21-22-24-26-28-30-32-34-36-40(44)41-38(37-42)39(43)35-33-31-29-27-25-23-16-14-12-10-8-6-4-2/h12,14,25,27,33,35,38-39,42-43H,3-11,13,15-24,26,28-32,34,36-37H2,1-2H3,(H,41,44)/b14-12+,27-25+,35-33+. The Kier molecular flexibility index (Phi) is 34.9. The van der Waals surface area contributed by atoms with Gasteiger partial charge in [-0.15, -0.1) is 0 Å². The minimum Gasteiger partial charge on any atom is -0.394 e. The zero-order valence-electron chi connectivity index (χ0n) is 29.4. The molecule has 0 saturated heterocycles. The molecule has 0 bridgehead atoms. The van der Waals surface area contributed by atoms with Gasteiger partial charge in [-0.25, -0.2) is 0 Å². The second-order valence-electron chi connectivity index (χ2n) is 13.0. The van der Waals surface area contributed by atoms with Crippen LogP contribution in [0, 0.1) is 0 Å². The molecule has 2 atom stereocenters. The number of hydrogen-bond acceptors (Lipinski definition) is 3. The third-order valence-electron chi connectivity index (χ3n) is 8.60. The molecule has 1 amide bonds. The van der Waals surface area contributed by atoms with Crippen molar-refractivity contribution < 1.29 is 15.0 Å². The van der Waals surface area contributed by atoms with Gasteiger partial charge in [0, 0.05) is 6.42 Å². The normalized spacial score (nSPS) is 13.5. The van der Waals surface area contributed by atoms with Crippen molar-refractivity contribution in [1.82, 2.24) is 5.32 Å². The molecule has 3 N–H and O–H groups in total. The number of rotatable bonds is 34. The first-order valence-electron chi connectivity index (χ1n) is 19.2. The average Bonchev–Trinajstić information content (AvgIpc) is 3.03. The molecule has 4 heteroatoms. The zero-order chi connectivity index (χ0) is 32.2. The van der Waals surface area contributed by atoms with Gasteiger partial charge in [0.1, 0.15) is 0 Å². The van der Waals surface area contributed by atoms with Crippen LogP contribution >= 0.6 is 0 Å². The lowest BCUT2D eigenvalue weighted by molar-refractivity contribution is -0.123. The Morgan fingerprint density at radius 2 is 0.886 bits per heavy atom. The number of aliphatic hydroxyl groups is 2. The van der Waals surface area contributed by atoms with Crippen molar-refractivity contribution in [3.8, 4) is 0 Å². The summed E-state index contributed by atoms with van der Waals surface area (Å²) in [6.45, 7) is 4.26. The number of allylic oxidation sites excluding steroid dienone is 5. The van der Waals surface area contributed by atoms with E-state index in [2.05, 4.69) is 43.5 Å². The molecule has 0 spiro atoms. The van der Waals surface area contributed by atoms with E-state index >= 15 is 0 Å². The summed E-state index contributed by atoms with van der Waals surface area (Å²) in [5.41, 5.74) is 0. The number of hydrogen-bond donors (Lipinski definition) is 3. The van der Waals surface area contributed by atoms with Crippen molar-refractivity contribution in [2.75, 3.05) is 6.61 Å². The fourth-order valence-corrected chi connectivity index (χ4v) is 5.62. The van der Waals surface area contributed by atoms with Gasteiger partial charge in [-0.3, -0.25) is 4.79 Å². The fourth-order valence-electron chi connectivity index (χ4n) is 5.62. The Balaban J connectivity index is 3.62. The van der Waals surface area contributed by atoms with Crippen molar-refractivity contribution >= 4 is 5.91 Å². The predicted molar refractivity (Wildman–Crippen MR) is 193 cm³/mol. The second kappa shape index (κ2) is 36.1. The van der Waals surface area contributed by atoms with E-state index in [1.165, 1.54) is 135 Å². The zero-order valence-corrected chi connectivity index (χ0v) is 29.4. The summed E-state index contributed by atoms with van der Waals surface area (Å²) < 4.78 is 0. The van der Waals surface area contributed by atoms with Crippen LogP contribution in [0.5, 0.6) is 0 Å². The summed E-state index contributed by atoms with van der Waals surface area (Å²) in [5, 5.41) is 22.9. The average molecular weight is 618 g/mol. The van der Waals surface area contributed by atoms with Crippen LogP contribution in [0.15, 0.2) is 36.5 Å². The Morgan fingerprint density at radius 1 is 0.523 bits per heavy atom. The van der Waals surface area contributed by atoms with E-state index in [1.807, 2.05) is 6.08 Å². The monoisotopic (exact) mass is 618 g/mol. The molecule has 44 heavy (non-hydrogen) atoms. The van der Waals surface area contributed by atoms with Gasteiger partial charge in [-0.05, 0) is 44.9 Å². The van der Waals surface area contributed by atoms with E-state index in [-0.39, 0.29) is 12.5 Å². The van der Waals surface area contributed by atoms with Gasteiger partial charge in [-0.1, -0.05) is 179 Å². The van der Waals surface area contributed by atoms with Gasteiger partial charge >= 0.3 is 0 Å². The van der Waals surface area contributed by atoms with E-state index in [9.17, 15) is 15.0 Å². The molecule has 258 valence electrons. The molecule has 2 unspecified atom stereocenters. The molecule has 0 aromatic rings. The van der Waals surface area contributed by atoms with Gasteiger partial charge in [0.15, 0.2) is 0 Å². The number of aliphatic hydroxyl groups excluding tert-OH is 2. The van der Waals surface area contributed by atoms with Gasteiger partial charge in [0.25, 0.3) is 0 Å². The third-order valence-corrected chi connectivity index (χ3v) is 8.60. The Morgan fingerprint density at radius 3 is 1.32 bits per heavy atom. The van der Waals surface area contributed by atoms with Crippen LogP contribution in [0.25, 0.3) is 0 Å². The highest BCUT2D eigenvalue weighted by Crippen LogP contribution is 2.15. The van der Waals surface area contributed by atoms with Gasteiger partial charge < -0.3 is 15.5 Å². The van der Waals surface area contributed by atoms with E-state index in [4.69, 9.17) is 0 Å². The molecule has 0 aromatic carbocycles. The number of unbranched alkanes of at least 4 members (excludes halogenated alkanes) is 23. The van der Waals surface area contributed by atoms with Crippen molar-refractivity contribution in [1.29, 1.82) is 0 Å². The third kappa shape index (κ3) is 32.0. The summed E-state index contributed by atoms with van der Waals surface area (Å²) in [4.78, 5) is 12.3. The number of carbonyl (C=O) groups is 1. The van der Waals surface area contributed by atoms with Crippen molar-refractivity contribution in [3.05, 3.63) is 36.5 Å². The lowest BCUT2D eigenvalue weighted by atomic mass is 10.0. The van der Waals surface area contributed by atoms with Crippen LogP contribution in [-0.4, -0.2) is 34.9 Å². The molecule has 0 fully saturated rings. The molecule has 0 aliphatic rings. The molecule has 0 rings (SSSR count). The van der Waals surface area contributed by atoms with E-state index in [1.54, 1.807) is 6.08 Å². The van der Waals surface area contributed by atoms with Crippen molar-refractivity contribution in [3.63, 3.8) is 0 Å². The Labute approximate surface area is 274 Å². The van der Waals surface area contributed by atoms with Crippen LogP contribution in [-0.2, 0) is 4.79 Å². The van der Waals surface area contributed by atoms with Crippen LogP contribution in [0.1, 0.15) is 194 Å². The molecule has 0 heterocycles. The van der Waals surface area contributed by atoms with Gasteiger partial charge in [0.2, 0.25) is 5.91 Å². The van der Waals surface area contributed by atoms with Crippen LogP contribution in [0.3, 0.4) is 0 Å². The lowest BCUT2D eigenvalue weighted by Gasteiger charge is -2.19. The maximum atomic E-state index is 12.3. The quantitative estimate of drug-likeness (QED) is 0.0497. The molecular weight excluding hydrogens is 542 g/mol. The number of carbonyl (C=O) groups excluding carboxylic acids is 1. The Bertz CT molecular complexity index is 672. The first-order valence-corrected chi connectivity index (χ1v) is 19.2. The smallest absolute Gasteiger partial charge is 0.220 e. The van der Waals surface area contributed by atoms with E-state index in [0.29, 0.717) is 6.42 Å². The molecule has 0 aliphatic heterocycles. The van der Waals surface area contributed by atoms with Crippen LogP contribution < -0.4 is 5.32 Å². The molecular formula is C40H75NO3. The summed E-state index contributed by atoms with van der Waals surface area (Å²) in [6.07, 6.45) is 46.6. The number of nitrogens with one attached hydrogen (secondary N) is 1. The van der Waals surface area contributed by atoms with Crippen LogP contribution in [0.2, 0.25) is 0 Å². The largest absolute Gasteiger partial charge is 0.394 e. The molecule has 0 aliphatic carbocycles. The van der Waals surface area contributed by atoms with Crippen molar-refractivity contribution in [2.24, 2.45) is 0 Å². The summed E-state index contributed by atoms with van der Waals surface area (Å²) in [6, 6.07) is -0.640. The molecule has 0 saturated carbocycles.